The molecule has 4 aromatic rings. The van der Waals surface area contributed by atoms with E-state index >= 15 is 0 Å². The number of likely N-dealkylation sites (N-methyl/N-ethyl adjacent to an activating group) is 1. The van der Waals surface area contributed by atoms with Gasteiger partial charge in [-0.2, -0.15) is 5.10 Å². The summed E-state index contributed by atoms with van der Waals surface area (Å²) in [6, 6.07) is 9.88. The van der Waals surface area contributed by atoms with E-state index in [1.807, 2.05) is 44.4 Å². The Morgan fingerprint density at radius 3 is 2.97 bits per heavy atom. The number of thiazole rings is 1. The SMILES string of the molecule is CN(C)CCOc1ccc2[nH]ncc2c1-c1ccc2nc(NC(=O)[C@@H]3C[C@@H]3F)sc2c1. The number of hydrogen-bond acceptors (Lipinski definition) is 6. The van der Waals surface area contributed by atoms with E-state index in [-0.39, 0.29) is 5.91 Å². The molecule has 0 spiro atoms. The lowest BCUT2D eigenvalue weighted by Crippen LogP contribution is -2.19. The molecule has 1 aliphatic carbocycles. The van der Waals surface area contributed by atoms with Crippen LogP contribution in [0.15, 0.2) is 36.5 Å². The normalized spacial score (nSPS) is 18.1. The number of nitrogens with one attached hydrogen (secondary N) is 2. The van der Waals surface area contributed by atoms with Crippen LogP contribution >= 0.6 is 11.3 Å². The number of benzene rings is 2. The summed E-state index contributed by atoms with van der Waals surface area (Å²) in [6.45, 7) is 1.37. The second-order valence-corrected chi connectivity index (χ2v) is 9.00. The molecule has 2 heterocycles. The topological polar surface area (TPSA) is 83.1 Å². The lowest BCUT2D eigenvalue weighted by atomic mass is 10.0. The van der Waals surface area contributed by atoms with Crippen molar-refractivity contribution in [3.63, 3.8) is 0 Å². The third-order valence-corrected chi connectivity index (χ3v) is 6.27. The van der Waals surface area contributed by atoms with E-state index in [0.29, 0.717) is 18.2 Å². The van der Waals surface area contributed by atoms with E-state index in [1.54, 1.807) is 6.20 Å². The molecule has 1 saturated carbocycles. The molecule has 2 N–H and O–H groups in total. The van der Waals surface area contributed by atoms with Gasteiger partial charge in [0, 0.05) is 17.5 Å². The zero-order valence-electron chi connectivity index (χ0n) is 17.2. The summed E-state index contributed by atoms with van der Waals surface area (Å²) in [4.78, 5) is 18.6. The quantitative estimate of drug-likeness (QED) is 0.453. The molecule has 0 bridgehead atoms. The van der Waals surface area contributed by atoms with Gasteiger partial charge in [-0.15, -0.1) is 0 Å². The van der Waals surface area contributed by atoms with Crippen LogP contribution in [0.3, 0.4) is 0 Å². The van der Waals surface area contributed by atoms with Gasteiger partial charge in [0.2, 0.25) is 5.91 Å². The van der Waals surface area contributed by atoms with Gasteiger partial charge in [-0.05, 0) is 50.3 Å². The van der Waals surface area contributed by atoms with Crippen molar-refractivity contribution in [2.75, 3.05) is 32.6 Å². The molecule has 31 heavy (non-hydrogen) atoms. The molecule has 2 atom stereocenters. The number of halogens is 1. The summed E-state index contributed by atoms with van der Waals surface area (Å²) in [5, 5.41) is 11.4. The van der Waals surface area contributed by atoms with Gasteiger partial charge >= 0.3 is 0 Å². The Morgan fingerprint density at radius 1 is 1.35 bits per heavy atom. The van der Waals surface area contributed by atoms with E-state index in [0.717, 1.165) is 44.5 Å². The smallest absolute Gasteiger partial charge is 0.232 e. The first-order valence-corrected chi connectivity index (χ1v) is 10.9. The molecule has 1 fully saturated rings. The summed E-state index contributed by atoms with van der Waals surface area (Å²) in [7, 11) is 4.02. The van der Waals surface area contributed by atoms with Crippen LogP contribution in [-0.4, -0.2) is 59.4 Å². The number of ether oxygens (including phenoxy) is 1. The van der Waals surface area contributed by atoms with Crippen molar-refractivity contribution < 1.29 is 13.9 Å². The molecule has 9 heteroatoms. The summed E-state index contributed by atoms with van der Waals surface area (Å²) in [5.74, 6) is -0.0504. The van der Waals surface area contributed by atoms with Crippen molar-refractivity contribution in [2.45, 2.75) is 12.6 Å². The maximum absolute atomic E-state index is 13.1. The Bertz CT molecular complexity index is 1270. The van der Waals surface area contributed by atoms with Crippen LogP contribution in [0.4, 0.5) is 9.52 Å². The second kappa shape index (κ2) is 7.90. The van der Waals surface area contributed by atoms with Gasteiger partial charge in [-0.25, -0.2) is 9.37 Å². The molecule has 1 amide bonds. The van der Waals surface area contributed by atoms with Gasteiger partial charge in [-0.3, -0.25) is 9.89 Å². The van der Waals surface area contributed by atoms with Crippen LogP contribution in [0, 0.1) is 5.92 Å². The van der Waals surface area contributed by atoms with E-state index in [9.17, 15) is 9.18 Å². The summed E-state index contributed by atoms with van der Waals surface area (Å²) in [6.07, 6.45) is 1.07. The zero-order chi connectivity index (χ0) is 21.5. The van der Waals surface area contributed by atoms with Crippen molar-refractivity contribution in [1.29, 1.82) is 0 Å². The molecule has 0 saturated heterocycles. The van der Waals surface area contributed by atoms with Gasteiger partial charge < -0.3 is 15.0 Å². The first kappa shape index (κ1) is 19.9. The van der Waals surface area contributed by atoms with Crippen molar-refractivity contribution in [1.82, 2.24) is 20.1 Å². The number of aromatic nitrogens is 3. The number of fused-ring (bicyclic) bond motifs is 2. The maximum atomic E-state index is 13.1. The summed E-state index contributed by atoms with van der Waals surface area (Å²) < 4.78 is 20.2. The largest absolute Gasteiger partial charge is 0.492 e. The van der Waals surface area contributed by atoms with E-state index < -0.39 is 12.1 Å². The van der Waals surface area contributed by atoms with Crippen LogP contribution in [0.2, 0.25) is 0 Å². The van der Waals surface area contributed by atoms with E-state index in [4.69, 9.17) is 4.74 Å². The Labute approximate surface area is 182 Å². The predicted molar refractivity (Wildman–Crippen MR) is 120 cm³/mol. The highest BCUT2D eigenvalue weighted by molar-refractivity contribution is 7.22. The highest BCUT2D eigenvalue weighted by Crippen LogP contribution is 2.40. The van der Waals surface area contributed by atoms with E-state index in [2.05, 4.69) is 25.4 Å². The van der Waals surface area contributed by atoms with Crippen LogP contribution in [-0.2, 0) is 4.79 Å². The minimum Gasteiger partial charge on any atom is -0.492 e. The van der Waals surface area contributed by atoms with Gasteiger partial charge in [0.1, 0.15) is 18.5 Å². The molecule has 5 rings (SSSR count). The number of nitrogens with zero attached hydrogens (tertiary/aromatic N) is 3. The van der Waals surface area contributed by atoms with Crippen LogP contribution < -0.4 is 10.1 Å². The average molecular weight is 440 g/mol. The van der Waals surface area contributed by atoms with E-state index in [1.165, 1.54) is 11.3 Å². The molecule has 0 aliphatic heterocycles. The van der Waals surface area contributed by atoms with Crippen molar-refractivity contribution in [3.05, 3.63) is 36.5 Å². The predicted octanol–water partition coefficient (Wildman–Crippen LogP) is 4.08. The van der Waals surface area contributed by atoms with Gasteiger partial charge in [0.15, 0.2) is 5.13 Å². The highest BCUT2D eigenvalue weighted by atomic mass is 32.1. The minimum atomic E-state index is -1.03. The number of carbonyl (C=O) groups excluding carboxylic acids is 1. The average Bonchev–Trinajstić information content (AvgIpc) is 3.12. The highest BCUT2D eigenvalue weighted by Gasteiger charge is 2.43. The Balaban J connectivity index is 1.49. The molecular formula is C22H22FN5O2S. The third kappa shape index (κ3) is 3.98. The minimum absolute atomic E-state index is 0.298. The van der Waals surface area contributed by atoms with Crippen LogP contribution in [0.1, 0.15) is 6.42 Å². The fourth-order valence-corrected chi connectivity index (χ4v) is 4.43. The molecule has 2 aromatic carbocycles. The fraction of sp³-hybridized carbons (Fsp3) is 0.318. The van der Waals surface area contributed by atoms with Crippen molar-refractivity contribution >= 4 is 43.5 Å². The van der Waals surface area contributed by atoms with Gasteiger partial charge in [0.25, 0.3) is 0 Å². The number of carbonyl (C=O) groups is 1. The lowest BCUT2D eigenvalue weighted by Gasteiger charge is -2.15. The first-order chi connectivity index (χ1) is 15.0. The number of H-pyrrole nitrogens is 1. The number of anilines is 1. The molecular weight excluding hydrogens is 417 g/mol. The zero-order valence-corrected chi connectivity index (χ0v) is 18.0. The number of rotatable bonds is 7. The monoisotopic (exact) mass is 439 g/mol. The lowest BCUT2D eigenvalue weighted by molar-refractivity contribution is -0.117. The van der Waals surface area contributed by atoms with Crippen LogP contribution in [0.5, 0.6) is 5.75 Å². The Hall–Kier alpha value is -3.04. The second-order valence-electron chi connectivity index (χ2n) is 7.97. The van der Waals surface area contributed by atoms with Crippen molar-refractivity contribution in [3.8, 4) is 16.9 Å². The number of aromatic amines is 1. The number of amides is 1. The molecule has 1 aliphatic rings. The first-order valence-electron chi connectivity index (χ1n) is 10.1. The van der Waals surface area contributed by atoms with Crippen molar-refractivity contribution in [2.24, 2.45) is 5.92 Å². The molecule has 160 valence electrons. The van der Waals surface area contributed by atoms with Crippen LogP contribution in [0.25, 0.3) is 32.2 Å². The third-order valence-electron chi connectivity index (χ3n) is 5.34. The fourth-order valence-electron chi connectivity index (χ4n) is 3.52. The van der Waals surface area contributed by atoms with Gasteiger partial charge in [-0.1, -0.05) is 17.4 Å². The molecule has 0 radical (unpaired) electrons. The standard InChI is InChI=1S/C22H22FN5O2S/c1-28(2)7-8-30-18-6-5-16-14(11-24-27-16)20(18)12-3-4-17-19(9-12)31-22(25-17)26-21(29)13-10-15(13)23/h3-6,9,11,13,15H,7-8,10H2,1-2H3,(H,24,27)(H,25,26,29)/t13-,15+/m1/s1. The Kier molecular flexibility index (Phi) is 5.07. The van der Waals surface area contributed by atoms with Gasteiger partial charge in [0.05, 0.1) is 27.8 Å². The maximum Gasteiger partial charge on any atom is 0.232 e. The summed E-state index contributed by atoms with van der Waals surface area (Å²) in [5.41, 5.74) is 3.65. The molecule has 2 aromatic heterocycles. The molecule has 0 unspecified atom stereocenters. The number of alkyl halides is 1. The number of hydrogen-bond donors (Lipinski definition) is 2. The Morgan fingerprint density at radius 2 is 2.19 bits per heavy atom. The summed E-state index contributed by atoms with van der Waals surface area (Å²) >= 11 is 1.38. The molecule has 7 nitrogen and oxygen atoms in total.